The van der Waals surface area contributed by atoms with Crippen LogP contribution >= 0.6 is 11.6 Å². The Morgan fingerprint density at radius 1 is 1.30 bits per heavy atom. The van der Waals surface area contributed by atoms with Crippen molar-refractivity contribution in [2.24, 2.45) is 13.0 Å². The molecule has 0 spiro atoms. The largest absolute Gasteiger partial charge is 0.357 e. The summed E-state index contributed by atoms with van der Waals surface area (Å²) >= 11 is 5.87. The van der Waals surface area contributed by atoms with E-state index in [1.807, 2.05) is 26.1 Å². The summed E-state index contributed by atoms with van der Waals surface area (Å²) in [4.78, 5) is 18.9. The third-order valence-electron chi connectivity index (χ3n) is 4.39. The van der Waals surface area contributed by atoms with Gasteiger partial charge in [-0.05, 0) is 31.9 Å². The molecule has 3 rings (SSSR count). The average Bonchev–Trinajstić information content (AvgIpc) is 2.88. The number of carbonyl (C=O) groups is 1. The zero-order chi connectivity index (χ0) is 16.4. The molecule has 0 aliphatic carbocycles. The van der Waals surface area contributed by atoms with Crippen LogP contribution < -0.4 is 10.2 Å². The molecule has 122 valence electrons. The molecule has 1 saturated heterocycles. The number of aromatic nitrogens is 3. The third-order valence-corrected chi connectivity index (χ3v) is 4.62. The van der Waals surface area contributed by atoms with Crippen molar-refractivity contribution in [3.05, 3.63) is 35.2 Å². The summed E-state index contributed by atoms with van der Waals surface area (Å²) in [7, 11) is 1.86. The molecule has 1 aliphatic rings. The first kappa shape index (κ1) is 15.8. The molecule has 3 heterocycles. The van der Waals surface area contributed by atoms with E-state index in [0.717, 1.165) is 43.1 Å². The molecule has 7 heteroatoms. The van der Waals surface area contributed by atoms with Crippen LogP contribution in [0.25, 0.3) is 0 Å². The molecule has 1 N–H and O–H groups in total. The lowest BCUT2D eigenvalue weighted by molar-refractivity contribution is -0.120. The lowest BCUT2D eigenvalue weighted by atomic mass is 9.96. The molecule has 0 saturated carbocycles. The summed E-state index contributed by atoms with van der Waals surface area (Å²) in [6, 6.07) is 3.76. The minimum atomic E-state index is 0.0261. The molecule has 0 aromatic carbocycles. The lowest BCUT2D eigenvalue weighted by Crippen LogP contribution is -2.38. The molecule has 0 atom stereocenters. The van der Waals surface area contributed by atoms with Crippen molar-refractivity contribution >= 4 is 29.0 Å². The van der Waals surface area contributed by atoms with Crippen LogP contribution in [0.4, 0.5) is 11.5 Å². The van der Waals surface area contributed by atoms with Crippen molar-refractivity contribution in [1.29, 1.82) is 0 Å². The lowest BCUT2D eigenvalue weighted by Gasteiger charge is -2.32. The van der Waals surface area contributed by atoms with Crippen molar-refractivity contribution in [3.8, 4) is 0 Å². The molecule has 2 aromatic rings. The third kappa shape index (κ3) is 3.47. The van der Waals surface area contributed by atoms with Gasteiger partial charge in [0.25, 0.3) is 0 Å². The Kier molecular flexibility index (Phi) is 4.52. The average molecular weight is 334 g/mol. The monoisotopic (exact) mass is 333 g/mol. The number of nitrogens with zero attached hydrogens (tertiary/aromatic N) is 4. The highest BCUT2D eigenvalue weighted by molar-refractivity contribution is 6.30. The number of pyridine rings is 1. The van der Waals surface area contributed by atoms with Crippen LogP contribution in [0.15, 0.2) is 24.5 Å². The molecular weight excluding hydrogens is 314 g/mol. The summed E-state index contributed by atoms with van der Waals surface area (Å²) in [5.41, 5.74) is 1.75. The molecule has 23 heavy (non-hydrogen) atoms. The Balaban J connectivity index is 1.57. The maximum absolute atomic E-state index is 12.4. The number of hydrogen-bond acceptors (Lipinski definition) is 4. The topological polar surface area (TPSA) is 63.1 Å². The summed E-state index contributed by atoms with van der Waals surface area (Å²) in [6.45, 7) is 3.58. The Hall–Kier alpha value is -2.08. The van der Waals surface area contributed by atoms with Gasteiger partial charge in [0.1, 0.15) is 5.82 Å². The van der Waals surface area contributed by atoms with Crippen LogP contribution in [0.3, 0.4) is 0 Å². The van der Waals surface area contributed by atoms with Crippen molar-refractivity contribution in [3.63, 3.8) is 0 Å². The number of hydrogen-bond donors (Lipinski definition) is 1. The zero-order valence-corrected chi connectivity index (χ0v) is 14.0. The molecule has 0 bridgehead atoms. The van der Waals surface area contributed by atoms with E-state index in [1.54, 1.807) is 17.1 Å². The normalized spacial score (nSPS) is 15.7. The van der Waals surface area contributed by atoms with Gasteiger partial charge < -0.3 is 10.2 Å². The number of anilines is 2. The summed E-state index contributed by atoms with van der Waals surface area (Å²) in [5, 5.41) is 7.77. The van der Waals surface area contributed by atoms with Gasteiger partial charge in [-0.15, -0.1) is 0 Å². The predicted octanol–water partition coefficient (Wildman–Crippen LogP) is 2.63. The van der Waals surface area contributed by atoms with Crippen molar-refractivity contribution in [2.75, 3.05) is 23.3 Å². The first-order valence-electron chi connectivity index (χ1n) is 7.70. The standard InChI is InChI=1S/C16H20ClN5O/c1-11-14(10-19-21(11)2)20-16(23)12-5-7-22(8-6-12)15-4-3-13(17)9-18-15/h3-4,9-10,12H,5-8H2,1-2H3,(H,20,23). The Bertz CT molecular complexity index is 689. The van der Waals surface area contributed by atoms with Gasteiger partial charge in [-0.3, -0.25) is 9.48 Å². The zero-order valence-electron chi connectivity index (χ0n) is 13.3. The first-order chi connectivity index (χ1) is 11.0. The van der Waals surface area contributed by atoms with Gasteiger partial charge in [0.05, 0.1) is 22.6 Å². The molecule has 1 aliphatic heterocycles. The fourth-order valence-electron chi connectivity index (χ4n) is 2.78. The van der Waals surface area contributed by atoms with E-state index in [4.69, 9.17) is 11.6 Å². The van der Waals surface area contributed by atoms with Crippen LogP contribution in [0.5, 0.6) is 0 Å². The number of rotatable bonds is 3. The Labute approximate surface area is 140 Å². The number of nitrogens with one attached hydrogen (secondary N) is 1. The van der Waals surface area contributed by atoms with Gasteiger partial charge >= 0.3 is 0 Å². The second-order valence-corrected chi connectivity index (χ2v) is 6.29. The fourth-order valence-corrected chi connectivity index (χ4v) is 2.89. The van der Waals surface area contributed by atoms with Gasteiger partial charge in [0.2, 0.25) is 5.91 Å². The molecule has 1 amide bonds. The Morgan fingerprint density at radius 2 is 2.04 bits per heavy atom. The number of aryl methyl sites for hydroxylation is 1. The number of piperidine rings is 1. The van der Waals surface area contributed by atoms with Gasteiger partial charge in [-0.1, -0.05) is 11.6 Å². The maximum Gasteiger partial charge on any atom is 0.227 e. The van der Waals surface area contributed by atoms with Crippen LogP contribution in [-0.4, -0.2) is 33.8 Å². The maximum atomic E-state index is 12.4. The Morgan fingerprint density at radius 3 is 2.61 bits per heavy atom. The van der Waals surface area contributed by atoms with E-state index in [2.05, 4.69) is 20.3 Å². The van der Waals surface area contributed by atoms with E-state index in [-0.39, 0.29) is 11.8 Å². The molecule has 0 radical (unpaired) electrons. The minimum Gasteiger partial charge on any atom is -0.357 e. The first-order valence-corrected chi connectivity index (χ1v) is 8.08. The smallest absolute Gasteiger partial charge is 0.227 e. The second-order valence-electron chi connectivity index (χ2n) is 5.85. The number of amides is 1. The fraction of sp³-hybridized carbons (Fsp3) is 0.438. The predicted molar refractivity (Wildman–Crippen MR) is 90.8 cm³/mol. The summed E-state index contributed by atoms with van der Waals surface area (Å²) < 4.78 is 1.75. The van der Waals surface area contributed by atoms with Gasteiger partial charge in [0, 0.05) is 32.3 Å². The van der Waals surface area contributed by atoms with Crippen LogP contribution in [0, 0.1) is 12.8 Å². The number of carbonyl (C=O) groups excluding carboxylic acids is 1. The van der Waals surface area contributed by atoms with E-state index < -0.39 is 0 Å². The van der Waals surface area contributed by atoms with E-state index in [0.29, 0.717) is 5.02 Å². The van der Waals surface area contributed by atoms with E-state index in [1.165, 1.54) is 0 Å². The minimum absolute atomic E-state index is 0.0261. The van der Waals surface area contributed by atoms with Gasteiger partial charge in [0.15, 0.2) is 0 Å². The van der Waals surface area contributed by atoms with Gasteiger partial charge in [-0.25, -0.2) is 4.98 Å². The summed E-state index contributed by atoms with van der Waals surface area (Å²) in [5.74, 6) is 1.01. The van der Waals surface area contributed by atoms with Crippen LogP contribution in [0.2, 0.25) is 5.02 Å². The van der Waals surface area contributed by atoms with Crippen molar-refractivity contribution in [1.82, 2.24) is 14.8 Å². The van der Waals surface area contributed by atoms with E-state index >= 15 is 0 Å². The SMILES string of the molecule is Cc1c(NC(=O)C2CCN(c3ccc(Cl)cn3)CC2)cnn1C. The molecule has 6 nitrogen and oxygen atoms in total. The highest BCUT2D eigenvalue weighted by atomic mass is 35.5. The van der Waals surface area contributed by atoms with E-state index in [9.17, 15) is 4.79 Å². The van der Waals surface area contributed by atoms with Crippen molar-refractivity contribution < 1.29 is 4.79 Å². The van der Waals surface area contributed by atoms with Crippen LogP contribution in [-0.2, 0) is 11.8 Å². The molecule has 1 fully saturated rings. The molecule has 0 unspecified atom stereocenters. The molecule has 2 aromatic heterocycles. The summed E-state index contributed by atoms with van der Waals surface area (Å²) in [6.07, 6.45) is 4.98. The quantitative estimate of drug-likeness (QED) is 0.938. The van der Waals surface area contributed by atoms with Gasteiger partial charge in [-0.2, -0.15) is 5.10 Å². The van der Waals surface area contributed by atoms with Crippen molar-refractivity contribution in [2.45, 2.75) is 19.8 Å². The van der Waals surface area contributed by atoms with Crippen LogP contribution in [0.1, 0.15) is 18.5 Å². The second kappa shape index (κ2) is 6.58. The molecular formula is C16H20ClN5O. The number of halogens is 1. The highest BCUT2D eigenvalue weighted by Crippen LogP contribution is 2.24. The highest BCUT2D eigenvalue weighted by Gasteiger charge is 2.26.